The summed E-state index contributed by atoms with van der Waals surface area (Å²) < 4.78 is 29.6. The zero-order valence-electron chi connectivity index (χ0n) is 19.0. The van der Waals surface area contributed by atoms with Crippen molar-refractivity contribution in [3.8, 4) is 5.69 Å². The van der Waals surface area contributed by atoms with Gasteiger partial charge in [-0.15, -0.1) is 0 Å². The number of carbonyl (C=O) groups excluding carboxylic acids is 2. The van der Waals surface area contributed by atoms with E-state index >= 15 is 0 Å². The SMILES string of the molecule is CC(NC(=O)[C@@H]1C[C@@H]2C[C@@H]2N1C(=O)c1ncn2c1CNS(=O)(=O)c1ccccc1-2)c1ccncc1. The van der Waals surface area contributed by atoms with Crippen LogP contribution in [0.3, 0.4) is 0 Å². The number of piperidine rings is 1. The predicted octanol–water partition coefficient (Wildman–Crippen LogP) is 1.54. The van der Waals surface area contributed by atoms with Gasteiger partial charge in [0.25, 0.3) is 5.91 Å². The van der Waals surface area contributed by atoms with Crippen molar-refractivity contribution in [2.45, 2.75) is 49.3 Å². The normalized spacial score (nSPS) is 24.5. The molecule has 0 bridgehead atoms. The lowest BCUT2D eigenvalue weighted by Crippen LogP contribution is -2.48. The molecular weight excluding hydrogens is 468 g/mol. The Morgan fingerprint density at radius 1 is 1.14 bits per heavy atom. The maximum absolute atomic E-state index is 13.8. The molecule has 1 unspecified atom stereocenters. The van der Waals surface area contributed by atoms with Crippen molar-refractivity contribution in [1.29, 1.82) is 0 Å². The van der Waals surface area contributed by atoms with Crippen LogP contribution in [0.1, 0.15) is 47.6 Å². The lowest BCUT2D eigenvalue weighted by molar-refractivity contribution is -0.126. The molecule has 4 atom stereocenters. The third-order valence-corrected chi connectivity index (χ3v) is 8.57. The number of rotatable bonds is 4. The highest BCUT2D eigenvalue weighted by Crippen LogP contribution is 2.48. The molecule has 2 fully saturated rings. The van der Waals surface area contributed by atoms with Crippen LogP contribution in [0.15, 0.2) is 60.0 Å². The minimum atomic E-state index is -3.74. The standard InChI is InChI=1S/C24H24N6O4S/c1-14(15-6-8-25-9-7-15)28-23(31)19-11-16-10-18(16)30(19)24(32)22-20-12-27-35(33,34)21-5-3-2-4-17(21)29(20)13-26-22/h2-9,13-14,16,18-19,27H,10-12H2,1H3,(H,28,31)/t14?,16-,18-,19-/m0/s1. The molecule has 1 saturated heterocycles. The van der Waals surface area contributed by atoms with E-state index in [4.69, 9.17) is 0 Å². The van der Waals surface area contributed by atoms with E-state index in [1.165, 1.54) is 12.4 Å². The van der Waals surface area contributed by atoms with Gasteiger partial charge in [0.15, 0.2) is 5.69 Å². The number of hydrogen-bond acceptors (Lipinski definition) is 6. The molecule has 0 radical (unpaired) electrons. The van der Waals surface area contributed by atoms with Crippen molar-refractivity contribution in [2.24, 2.45) is 5.92 Å². The summed E-state index contributed by atoms with van der Waals surface area (Å²) in [7, 11) is -3.74. The van der Waals surface area contributed by atoms with E-state index in [-0.39, 0.29) is 41.0 Å². The first kappa shape index (κ1) is 21.9. The third-order valence-electron chi connectivity index (χ3n) is 7.12. The molecule has 1 aromatic carbocycles. The molecule has 1 saturated carbocycles. The summed E-state index contributed by atoms with van der Waals surface area (Å²) in [4.78, 5) is 37.2. The van der Waals surface area contributed by atoms with Crippen molar-refractivity contribution in [3.63, 3.8) is 0 Å². The van der Waals surface area contributed by atoms with E-state index < -0.39 is 16.1 Å². The number of para-hydroxylation sites is 1. The van der Waals surface area contributed by atoms with Gasteiger partial charge < -0.3 is 10.2 Å². The summed E-state index contributed by atoms with van der Waals surface area (Å²) in [6.45, 7) is 1.82. The summed E-state index contributed by atoms with van der Waals surface area (Å²) in [6.07, 6.45) is 6.30. The lowest BCUT2D eigenvalue weighted by Gasteiger charge is -2.28. The molecule has 180 valence electrons. The second kappa shape index (κ2) is 7.99. The number of amides is 2. The van der Waals surface area contributed by atoms with Crippen LogP contribution >= 0.6 is 0 Å². The van der Waals surface area contributed by atoms with Crippen LogP contribution in [-0.4, -0.2) is 51.8 Å². The first-order valence-electron chi connectivity index (χ1n) is 11.5. The minimum Gasteiger partial charge on any atom is -0.348 e. The first-order chi connectivity index (χ1) is 16.8. The molecule has 0 spiro atoms. The van der Waals surface area contributed by atoms with E-state index in [2.05, 4.69) is 20.0 Å². The monoisotopic (exact) mass is 492 g/mol. The number of nitrogens with zero attached hydrogens (tertiary/aromatic N) is 4. The maximum atomic E-state index is 13.8. The molecule has 35 heavy (non-hydrogen) atoms. The van der Waals surface area contributed by atoms with Gasteiger partial charge >= 0.3 is 0 Å². The molecule has 6 rings (SSSR count). The molecule has 2 amide bonds. The molecule has 1 aliphatic carbocycles. The van der Waals surface area contributed by atoms with E-state index in [1.807, 2.05) is 19.1 Å². The fourth-order valence-corrected chi connectivity index (χ4v) is 6.39. The van der Waals surface area contributed by atoms with Gasteiger partial charge in [0.1, 0.15) is 17.3 Å². The molecule has 2 aromatic heterocycles. The molecule has 2 aliphatic heterocycles. The van der Waals surface area contributed by atoms with Gasteiger partial charge in [0.2, 0.25) is 15.9 Å². The minimum absolute atomic E-state index is 0.00147. The Labute approximate surface area is 202 Å². The highest BCUT2D eigenvalue weighted by molar-refractivity contribution is 7.89. The number of benzene rings is 1. The van der Waals surface area contributed by atoms with E-state index in [1.54, 1.807) is 40.1 Å². The Bertz CT molecular complexity index is 1440. The topological polar surface area (TPSA) is 126 Å². The predicted molar refractivity (Wildman–Crippen MR) is 125 cm³/mol. The number of sulfonamides is 1. The zero-order valence-corrected chi connectivity index (χ0v) is 19.8. The number of fused-ring (bicyclic) bond motifs is 4. The summed E-state index contributed by atoms with van der Waals surface area (Å²) in [6, 6.07) is 9.47. The number of carbonyl (C=O) groups is 2. The third kappa shape index (κ3) is 3.62. The van der Waals surface area contributed by atoms with Gasteiger partial charge in [-0.05, 0) is 55.5 Å². The number of nitrogens with one attached hydrogen (secondary N) is 2. The van der Waals surface area contributed by atoms with Crippen molar-refractivity contribution >= 4 is 21.8 Å². The van der Waals surface area contributed by atoms with Gasteiger partial charge in [-0.3, -0.25) is 19.1 Å². The van der Waals surface area contributed by atoms with E-state index in [0.717, 1.165) is 12.0 Å². The number of pyridine rings is 1. The molecule has 2 N–H and O–H groups in total. The van der Waals surface area contributed by atoms with Crippen LogP contribution in [0.4, 0.5) is 0 Å². The molecule has 10 nitrogen and oxygen atoms in total. The van der Waals surface area contributed by atoms with E-state index in [9.17, 15) is 18.0 Å². The van der Waals surface area contributed by atoms with Crippen molar-refractivity contribution in [1.82, 2.24) is 29.5 Å². The summed E-state index contributed by atoms with van der Waals surface area (Å²) in [5.74, 6) is -0.253. The van der Waals surface area contributed by atoms with Gasteiger partial charge in [-0.2, -0.15) is 0 Å². The molecule has 3 aliphatic rings. The van der Waals surface area contributed by atoms with Gasteiger partial charge in [-0.1, -0.05) is 12.1 Å². The Kier molecular flexibility index (Phi) is 5.01. The smallest absolute Gasteiger partial charge is 0.275 e. The Morgan fingerprint density at radius 3 is 2.71 bits per heavy atom. The molecule has 4 heterocycles. The highest BCUT2D eigenvalue weighted by atomic mass is 32.2. The van der Waals surface area contributed by atoms with Crippen molar-refractivity contribution < 1.29 is 18.0 Å². The second-order valence-corrected chi connectivity index (χ2v) is 11.0. The summed E-state index contributed by atoms with van der Waals surface area (Å²) >= 11 is 0. The number of hydrogen-bond donors (Lipinski definition) is 2. The molecular formula is C24H24N6O4S. The van der Waals surface area contributed by atoms with Crippen LogP contribution in [0.25, 0.3) is 5.69 Å². The van der Waals surface area contributed by atoms with Gasteiger partial charge in [0.05, 0.1) is 24.0 Å². The fourth-order valence-electron chi connectivity index (χ4n) is 5.20. The Balaban J connectivity index is 1.30. The van der Waals surface area contributed by atoms with Crippen LogP contribution in [0.2, 0.25) is 0 Å². The quantitative estimate of drug-likeness (QED) is 0.569. The fraction of sp³-hybridized carbons (Fsp3) is 0.333. The molecule has 11 heteroatoms. The van der Waals surface area contributed by atoms with Gasteiger partial charge in [-0.25, -0.2) is 18.1 Å². The summed E-state index contributed by atoms with van der Waals surface area (Å²) in [5.41, 5.74) is 1.99. The van der Waals surface area contributed by atoms with Crippen LogP contribution < -0.4 is 10.0 Å². The Hall–Kier alpha value is -3.57. The number of imidazole rings is 1. The second-order valence-electron chi connectivity index (χ2n) is 9.24. The van der Waals surface area contributed by atoms with Crippen LogP contribution in [0.5, 0.6) is 0 Å². The molecule has 3 aromatic rings. The summed E-state index contributed by atoms with van der Waals surface area (Å²) in [5, 5.41) is 3.03. The van der Waals surface area contributed by atoms with Crippen LogP contribution in [0, 0.1) is 5.92 Å². The number of likely N-dealkylation sites (tertiary alicyclic amines) is 1. The maximum Gasteiger partial charge on any atom is 0.275 e. The Morgan fingerprint density at radius 2 is 1.91 bits per heavy atom. The van der Waals surface area contributed by atoms with Gasteiger partial charge in [0, 0.05) is 18.4 Å². The lowest BCUT2D eigenvalue weighted by atomic mass is 10.1. The first-order valence-corrected chi connectivity index (χ1v) is 13.0. The zero-order chi connectivity index (χ0) is 24.3. The average molecular weight is 493 g/mol. The average Bonchev–Trinajstić information content (AvgIpc) is 3.36. The van der Waals surface area contributed by atoms with Crippen molar-refractivity contribution in [2.75, 3.05) is 0 Å². The highest BCUT2D eigenvalue weighted by Gasteiger charge is 2.56. The van der Waals surface area contributed by atoms with Crippen molar-refractivity contribution in [3.05, 3.63) is 72.1 Å². The number of aromatic nitrogens is 3. The van der Waals surface area contributed by atoms with Crippen LogP contribution in [-0.2, 0) is 21.4 Å². The van der Waals surface area contributed by atoms with E-state index in [0.29, 0.717) is 23.7 Å². The largest absolute Gasteiger partial charge is 0.348 e.